The average molecular weight is 351 g/mol. The number of aromatic nitrogens is 1. The maximum atomic E-state index is 12.5. The summed E-state index contributed by atoms with van der Waals surface area (Å²) in [5, 5.41) is 14.6. The van der Waals surface area contributed by atoms with Gasteiger partial charge in [-0.25, -0.2) is 0 Å². The summed E-state index contributed by atoms with van der Waals surface area (Å²) in [5.41, 5.74) is 0.608. The molecule has 1 aliphatic rings. The molecule has 1 aromatic heterocycles. The molecule has 0 radical (unpaired) electrons. The molecule has 1 heterocycles. The van der Waals surface area contributed by atoms with Gasteiger partial charge in [0.25, 0.3) is 5.91 Å². The van der Waals surface area contributed by atoms with Crippen LogP contribution in [0.1, 0.15) is 43.1 Å². The molecule has 0 aliphatic heterocycles. The zero-order chi connectivity index (χ0) is 18.2. The maximum Gasteiger partial charge on any atom is 0.268 e. The number of carbonyl (C=O) groups excluding carboxylic acids is 2. The lowest BCUT2D eigenvalue weighted by molar-refractivity contribution is -0.128. The Bertz CT molecular complexity index is 572. The molecule has 1 fully saturated rings. The molecule has 3 N–H and O–H groups in total. The van der Waals surface area contributed by atoms with Crippen molar-refractivity contribution in [1.82, 2.24) is 15.2 Å². The van der Waals surface area contributed by atoms with E-state index in [9.17, 15) is 9.59 Å². The monoisotopic (exact) mass is 351 g/mol. The first-order valence-electron chi connectivity index (χ1n) is 8.99. The highest BCUT2D eigenvalue weighted by Gasteiger charge is 2.35. The van der Waals surface area contributed by atoms with Crippen molar-refractivity contribution in [2.75, 3.05) is 19.8 Å². The molecule has 0 aromatic carbocycles. The topological polar surface area (TPSA) is 92.6 Å². The van der Waals surface area contributed by atoms with Crippen LogP contribution >= 0.6 is 0 Å². The summed E-state index contributed by atoms with van der Waals surface area (Å²) in [5.74, 6) is -0.311. The van der Waals surface area contributed by atoms with Crippen molar-refractivity contribution in [3.63, 3.8) is 0 Å². The average Bonchev–Trinajstić information content (AvgIpc) is 3.04. The van der Waals surface area contributed by atoms with Gasteiger partial charge in [0.05, 0.1) is 18.8 Å². The molecule has 2 rings (SSSR count). The van der Waals surface area contributed by atoms with E-state index in [1.54, 1.807) is 10.6 Å². The SMILES string of the molecule is CCCO[C@@H]1C[C@@H](C(=O)NCCO)CC[C@H]1NC(=O)c1cccn1C. The number of hydrogen-bond donors (Lipinski definition) is 3. The van der Waals surface area contributed by atoms with E-state index in [1.165, 1.54) is 0 Å². The number of carbonyl (C=O) groups is 2. The Labute approximate surface area is 148 Å². The Morgan fingerprint density at radius 2 is 2.20 bits per heavy atom. The quantitative estimate of drug-likeness (QED) is 0.647. The molecule has 7 heteroatoms. The smallest absolute Gasteiger partial charge is 0.268 e. The van der Waals surface area contributed by atoms with E-state index in [0.29, 0.717) is 31.6 Å². The molecule has 0 bridgehead atoms. The molecule has 3 atom stereocenters. The summed E-state index contributed by atoms with van der Waals surface area (Å²) in [6, 6.07) is 3.52. The van der Waals surface area contributed by atoms with E-state index in [2.05, 4.69) is 10.6 Å². The molecular formula is C18H29N3O4. The number of aliphatic hydroxyl groups is 1. The minimum Gasteiger partial charge on any atom is -0.395 e. The third-order valence-corrected chi connectivity index (χ3v) is 4.60. The molecule has 1 saturated carbocycles. The predicted octanol–water partition coefficient (Wildman–Crippen LogP) is 0.827. The fraction of sp³-hybridized carbons (Fsp3) is 0.667. The minimum absolute atomic E-state index is 0.0497. The maximum absolute atomic E-state index is 12.5. The fourth-order valence-corrected chi connectivity index (χ4v) is 3.25. The van der Waals surface area contributed by atoms with Crippen LogP contribution in [-0.2, 0) is 16.6 Å². The van der Waals surface area contributed by atoms with Crippen molar-refractivity contribution in [3.05, 3.63) is 24.0 Å². The van der Waals surface area contributed by atoms with Crippen LogP contribution in [0.25, 0.3) is 0 Å². The van der Waals surface area contributed by atoms with E-state index in [4.69, 9.17) is 9.84 Å². The summed E-state index contributed by atoms with van der Waals surface area (Å²) < 4.78 is 7.71. The number of ether oxygens (including phenoxy) is 1. The van der Waals surface area contributed by atoms with Gasteiger partial charge in [0, 0.05) is 32.3 Å². The van der Waals surface area contributed by atoms with Gasteiger partial charge in [0.15, 0.2) is 0 Å². The van der Waals surface area contributed by atoms with Crippen molar-refractivity contribution >= 4 is 11.8 Å². The number of aryl methyl sites for hydroxylation is 1. The minimum atomic E-state index is -0.178. The Morgan fingerprint density at radius 3 is 2.84 bits per heavy atom. The van der Waals surface area contributed by atoms with Crippen LogP contribution in [0.15, 0.2) is 18.3 Å². The lowest BCUT2D eigenvalue weighted by atomic mass is 9.83. The van der Waals surface area contributed by atoms with E-state index >= 15 is 0 Å². The zero-order valence-corrected chi connectivity index (χ0v) is 15.0. The second-order valence-electron chi connectivity index (χ2n) is 6.52. The molecule has 25 heavy (non-hydrogen) atoms. The molecule has 1 aliphatic carbocycles. The fourth-order valence-electron chi connectivity index (χ4n) is 3.25. The Kier molecular flexibility index (Phi) is 7.46. The van der Waals surface area contributed by atoms with Gasteiger partial charge in [0.1, 0.15) is 5.69 Å². The van der Waals surface area contributed by atoms with E-state index in [0.717, 1.165) is 6.42 Å². The van der Waals surface area contributed by atoms with Crippen molar-refractivity contribution in [1.29, 1.82) is 0 Å². The zero-order valence-electron chi connectivity index (χ0n) is 15.0. The van der Waals surface area contributed by atoms with Crippen LogP contribution in [0.3, 0.4) is 0 Å². The number of amides is 2. The molecule has 1 aromatic rings. The number of nitrogens with zero attached hydrogens (tertiary/aromatic N) is 1. The number of aliphatic hydroxyl groups excluding tert-OH is 1. The molecule has 140 valence electrons. The first kappa shape index (κ1) is 19.5. The Morgan fingerprint density at radius 1 is 1.40 bits per heavy atom. The van der Waals surface area contributed by atoms with E-state index in [1.807, 2.05) is 26.2 Å². The van der Waals surface area contributed by atoms with Gasteiger partial charge in [-0.15, -0.1) is 0 Å². The van der Waals surface area contributed by atoms with Gasteiger partial charge in [-0.1, -0.05) is 6.92 Å². The second kappa shape index (κ2) is 9.58. The van der Waals surface area contributed by atoms with Crippen LogP contribution in [0.2, 0.25) is 0 Å². The van der Waals surface area contributed by atoms with Gasteiger partial charge in [-0.2, -0.15) is 0 Å². The highest BCUT2D eigenvalue weighted by molar-refractivity contribution is 5.93. The Hall–Kier alpha value is -1.86. The summed E-state index contributed by atoms with van der Waals surface area (Å²) in [6.45, 7) is 2.84. The number of nitrogens with one attached hydrogen (secondary N) is 2. The lowest BCUT2D eigenvalue weighted by Gasteiger charge is -2.36. The van der Waals surface area contributed by atoms with E-state index in [-0.39, 0.29) is 43.0 Å². The van der Waals surface area contributed by atoms with Gasteiger partial charge in [0.2, 0.25) is 5.91 Å². The van der Waals surface area contributed by atoms with Crippen LogP contribution in [0, 0.1) is 5.92 Å². The highest BCUT2D eigenvalue weighted by Crippen LogP contribution is 2.27. The van der Waals surface area contributed by atoms with Crippen LogP contribution in [0.4, 0.5) is 0 Å². The molecule has 7 nitrogen and oxygen atoms in total. The molecule has 0 saturated heterocycles. The van der Waals surface area contributed by atoms with Crippen molar-refractivity contribution < 1.29 is 19.4 Å². The normalized spacial score (nSPS) is 23.2. The molecular weight excluding hydrogens is 322 g/mol. The first-order chi connectivity index (χ1) is 12.1. The third kappa shape index (κ3) is 5.31. The van der Waals surface area contributed by atoms with Crippen molar-refractivity contribution in [2.45, 2.75) is 44.8 Å². The second-order valence-corrected chi connectivity index (χ2v) is 6.52. The van der Waals surface area contributed by atoms with Gasteiger partial charge in [-0.3, -0.25) is 9.59 Å². The standard InChI is InChI=1S/C18H29N3O4/c1-3-11-25-16-12-13(17(23)19-8-10-22)6-7-14(16)20-18(24)15-5-4-9-21(15)2/h4-5,9,13-14,16,22H,3,6-8,10-12H2,1-2H3,(H,19,23)(H,20,24)/t13-,14+,16+/m0/s1. The van der Waals surface area contributed by atoms with Crippen LogP contribution in [0.5, 0.6) is 0 Å². The summed E-state index contributed by atoms with van der Waals surface area (Å²) in [7, 11) is 1.84. The van der Waals surface area contributed by atoms with Crippen LogP contribution < -0.4 is 10.6 Å². The van der Waals surface area contributed by atoms with Crippen molar-refractivity contribution in [3.8, 4) is 0 Å². The molecule has 0 unspecified atom stereocenters. The summed E-state index contributed by atoms with van der Waals surface area (Å²) in [6.07, 6.45) is 4.51. The highest BCUT2D eigenvalue weighted by atomic mass is 16.5. The third-order valence-electron chi connectivity index (χ3n) is 4.60. The van der Waals surface area contributed by atoms with Gasteiger partial charge in [-0.05, 0) is 37.8 Å². The summed E-state index contributed by atoms with van der Waals surface area (Å²) in [4.78, 5) is 24.6. The van der Waals surface area contributed by atoms with E-state index < -0.39 is 0 Å². The van der Waals surface area contributed by atoms with Gasteiger partial charge >= 0.3 is 0 Å². The predicted molar refractivity (Wildman–Crippen MR) is 94.1 cm³/mol. The summed E-state index contributed by atoms with van der Waals surface area (Å²) >= 11 is 0. The number of hydrogen-bond acceptors (Lipinski definition) is 4. The van der Waals surface area contributed by atoms with Gasteiger partial charge < -0.3 is 25.0 Å². The molecule has 0 spiro atoms. The number of rotatable bonds is 8. The van der Waals surface area contributed by atoms with Crippen LogP contribution in [-0.4, -0.2) is 53.4 Å². The first-order valence-corrected chi connectivity index (χ1v) is 8.99. The largest absolute Gasteiger partial charge is 0.395 e. The Balaban J connectivity index is 1.98. The van der Waals surface area contributed by atoms with Crippen molar-refractivity contribution in [2.24, 2.45) is 13.0 Å². The lowest BCUT2D eigenvalue weighted by Crippen LogP contribution is -2.50. The molecule has 2 amide bonds.